The van der Waals surface area contributed by atoms with E-state index < -0.39 is 5.97 Å². The van der Waals surface area contributed by atoms with Crippen molar-refractivity contribution in [1.29, 1.82) is 0 Å². The Hall–Kier alpha value is -2.88. The Bertz CT molecular complexity index is 847. The molecule has 0 fully saturated rings. The number of carbonyl (C=O) groups is 1. The highest BCUT2D eigenvalue weighted by Crippen LogP contribution is 2.27. The molecule has 1 heterocycles. The maximum Gasteiger partial charge on any atom is 0.332 e. The number of nitrogens with zero attached hydrogens (tertiary/aromatic N) is 1. The van der Waals surface area contributed by atoms with Gasteiger partial charge in [-0.25, -0.2) is 4.79 Å². The first-order valence-electron chi connectivity index (χ1n) is 6.96. The molecule has 22 heavy (non-hydrogen) atoms. The van der Waals surface area contributed by atoms with Gasteiger partial charge in [0.15, 0.2) is 11.5 Å². The van der Waals surface area contributed by atoms with Gasteiger partial charge in [-0.3, -0.25) is 0 Å². The Morgan fingerprint density at radius 3 is 2.41 bits per heavy atom. The molecule has 110 valence electrons. The van der Waals surface area contributed by atoms with Gasteiger partial charge >= 0.3 is 5.97 Å². The molecule has 0 radical (unpaired) electrons. The van der Waals surface area contributed by atoms with Crippen LogP contribution in [0.5, 0.6) is 0 Å². The maximum atomic E-state index is 11.1. The van der Waals surface area contributed by atoms with Crippen molar-refractivity contribution in [3.05, 3.63) is 71.5 Å². The highest BCUT2D eigenvalue weighted by atomic mass is 16.7. The molecule has 2 aromatic carbocycles. The minimum absolute atomic E-state index is 0.470. The molecule has 0 amide bonds. The quantitative estimate of drug-likeness (QED) is 0.416. The molecule has 0 aliphatic heterocycles. The number of hydrogen-bond acceptors (Lipinski definition) is 4. The highest BCUT2D eigenvalue weighted by molar-refractivity contribution is 6.13. The molecule has 0 spiro atoms. The van der Waals surface area contributed by atoms with Crippen molar-refractivity contribution in [3.63, 3.8) is 0 Å². The van der Waals surface area contributed by atoms with Gasteiger partial charge in [0.1, 0.15) is 5.58 Å². The molecule has 3 aromatic rings. The summed E-state index contributed by atoms with van der Waals surface area (Å²) in [7, 11) is 0. The number of rotatable bonds is 3. The van der Waals surface area contributed by atoms with Gasteiger partial charge in [0.2, 0.25) is 0 Å². The van der Waals surface area contributed by atoms with E-state index in [2.05, 4.69) is 5.16 Å². The lowest BCUT2D eigenvalue weighted by Gasteiger charge is -2.04. The van der Waals surface area contributed by atoms with Crippen molar-refractivity contribution in [1.82, 2.24) is 0 Å². The Balaban J connectivity index is 2.18. The fraction of sp³-hybridized carbons (Fsp3) is 0.111. The van der Waals surface area contributed by atoms with Crippen LogP contribution in [0.2, 0.25) is 0 Å². The first-order chi connectivity index (χ1) is 10.7. The normalized spacial score (nSPS) is 11.6. The summed E-state index contributed by atoms with van der Waals surface area (Å²) in [6, 6.07) is 17.3. The molecular formula is C18H15NO3. The van der Waals surface area contributed by atoms with Crippen molar-refractivity contribution in [2.75, 3.05) is 0 Å². The molecule has 0 N–H and O–H groups in total. The number of hydrogen-bond donors (Lipinski definition) is 0. The SMILES string of the molecule is CC(=O)O/N=C(\c1ccccc1)c1oc2ccccc2c1C. The van der Waals surface area contributed by atoms with Crippen molar-refractivity contribution in [3.8, 4) is 0 Å². The van der Waals surface area contributed by atoms with Crippen molar-refractivity contribution in [2.45, 2.75) is 13.8 Å². The summed E-state index contributed by atoms with van der Waals surface area (Å²) >= 11 is 0. The number of oxime groups is 1. The summed E-state index contributed by atoms with van der Waals surface area (Å²) in [4.78, 5) is 16.0. The van der Waals surface area contributed by atoms with E-state index in [-0.39, 0.29) is 0 Å². The largest absolute Gasteiger partial charge is 0.454 e. The monoisotopic (exact) mass is 293 g/mol. The summed E-state index contributed by atoms with van der Waals surface area (Å²) < 4.78 is 5.93. The average molecular weight is 293 g/mol. The van der Waals surface area contributed by atoms with Crippen molar-refractivity contribution in [2.24, 2.45) is 5.16 Å². The van der Waals surface area contributed by atoms with Gasteiger partial charge in [0.25, 0.3) is 0 Å². The lowest BCUT2D eigenvalue weighted by Crippen LogP contribution is -2.06. The molecule has 0 saturated carbocycles. The van der Waals surface area contributed by atoms with Gasteiger partial charge in [0.05, 0.1) is 0 Å². The van der Waals surface area contributed by atoms with Crippen LogP contribution in [0.15, 0.2) is 64.2 Å². The molecule has 0 aliphatic rings. The molecule has 0 atom stereocenters. The van der Waals surface area contributed by atoms with Gasteiger partial charge in [-0.05, 0) is 13.0 Å². The Kier molecular flexibility index (Phi) is 3.74. The first-order valence-corrected chi connectivity index (χ1v) is 6.96. The number of carbonyl (C=O) groups excluding carboxylic acids is 1. The number of para-hydroxylation sites is 1. The third-order valence-corrected chi connectivity index (χ3v) is 3.37. The maximum absolute atomic E-state index is 11.1. The van der Waals surface area contributed by atoms with Crippen LogP contribution >= 0.6 is 0 Å². The first kappa shape index (κ1) is 14.1. The van der Waals surface area contributed by atoms with E-state index in [4.69, 9.17) is 9.25 Å². The van der Waals surface area contributed by atoms with E-state index in [1.807, 2.05) is 61.5 Å². The lowest BCUT2D eigenvalue weighted by atomic mass is 10.0. The second-order valence-corrected chi connectivity index (χ2v) is 4.94. The molecule has 3 rings (SSSR count). The zero-order valence-electron chi connectivity index (χ0n) is 12.4. The summed E-state index contributed by atoms with van der Waals surface area (Å²) in [5, 5.41) is 5.01. The van der Waals surface area contributed by atoms with E-state index in [0.717, 1.165) is 22.1 Å². The summed E-state index contributed by atoms with van der Waals surface area (Å²) in [5.41, 5.74) is 3.07. The van der Waals surface area contributed by atoms with Crippen molar-refractivity contribution >= 4 is 22.7 Å². The standard InChI is InChI=1S/C18H15NO3/c1-12-15-10-6-7-11-16(15)21-18(12)17(19-22-13(2)20)14-8-4-3-5-9-14/h3-11H,1-2H3/b19-17+. The van der Waals surface area contributed by atoms with Crippen LogP contribution < -0.4 is 0 Å². The molecule has 4 nitrogen and oxygen atoms in total. The predicted octanol–water partition coefficient (Wildman–Crippen LogP) is 4.06. The van der Waals surface area contributed by atoms with E-state index in [9.17, 15) is 4.79 Å². The summed E-state index contributed by atoms with van der Waals surface area (Å²) in [6.07, 6.45) is 0. The van der Waals surface area contributed by atoms with Crippen LogP contribution in [0.3, 0.4) is 0 Å². The van der Waals surface area contributed by atoms with Crippen LogP contribution in [0.1, 0.15) is 23.8 Å². The Labute approximate surface area is 128 Å². The summed E-state index contributed by atoms with van der Waals surface area (Å²) in [5.74, 6) is 0.135. The zero-order valence-corrected chi connectivity index (χ0v) is 12.4. The number of aryl methyl sites for hydroxylation is 1. The van der Waals surface area contributed by atoms with Crippen LogP contribution in [-0.2, 0) is 9.63 Å². The van der Waals surface area contributed by atoms with Crippen LogP contribution in [0, 0.1) is 6.92 Å². The molecular weight excluding hydrogens is 278 g/mol. The van der Waals surface area contributed by atoms with Gasteiger partial charge in [0, 0.05) is 23.4 Å². The molecule has 1 aromatic heterocycles. The minimum atomic E-state index is -0.470. The van der Waals surface area contributed by atoms with Gasteiger partial charge in [-0.1, -0.05) is 53.7 Å². The van der Waals surface area contributed by atoms with Gasteiger partial charge in [-0.2, -0.15) is 0 Å². The third kappa shape index (κ3) is 2.63. The van der Waals surface area contributed by atoms with E-state index in [1.165, 1.54) is 6.92 Å². The Morgan fingerprint density at radius 1 is 1.05 bits per heavy atom. The second-order valence-electron chi connectivity index (χ2n) is 4.94. The number of benzene rings is 2. The molecule has 0 bridgehead atoms. The zero-order chi connectivity index (χ0) is 15.5. The topological polar surface area (TPSA) is 51.8 Å². The molecule has 0 saturated heterocycles. The van der Waals surface area contributed by atoms with Crippen LogP contribution in [0.25, 0.3) is 11.0 Å². The number of furan rings is 1. The fourth-order valence-corrected chi connectivity index (χ4v) is 2.33. The van der Waals surface area contributed by atoms with E-state index >= 15 is 0 Å². The van der Waals surface area contributed by atoms with Crippen LogP contribution in [0.4, 0.5) is 0 Å². The molecule has 4 heteroatoms. The summed E-state index contributed by atoms with van der Waals surface area (Å²) in [6.45, 7) is 3.28. The molecule has 0 aliphatic carbocycles. The van der Waals surface area contributed by atoms with Crippen LogP contribution in [-0.4, -0.2) is 11.7 Å². The highest BCUT2D eigenvalue weighted by Gasteiger charge is 2.18. The smallest absolute Gasteiger partial charge is 0.332 e. The lowest BCUT2D eigenvalue weighted by molar-refractivity contribution is -0.140. The third-order valence-electron chi connectivity index (χ3n) is 3.37. The Morgan fingerprint density at radius 2 is 1.73 bits per heavy atom. The number of fused-ring (bicyclic) bond motifs is 1. The van der Waals surface area contributed by atoms with Gasteiger partial charge in [-0.15, -0.1) is 0 Å². The average Bonchev–Trinajstić information content (AvgIpc) is 2.86. The predicted molar refractivity (Wildman–Crippen MR) is 84.8 cm³/mol. The van der Waals surface area contributed by atoms with Crippen molar-refractivity contribution < 1.29 is 14.0 Å². The van der Waals surface area contributed by atoms with E-state index in [1.54, 1.807) is 0 Å². The van der Waals surface area contributed by atoms with Gasteiger partial charge < -0.3 is 9.25 Å². The minimum Gasteiger partial charge on any atom is -0.454 e. The fourth-order valence-electron chi connectivity index (χ4n) is 2.33. The molecule has 0 unspecified atom stereocenters. The van der Waals surface area contributed by atoms with E-state index in [0.29, 0.717) is 11.5 Å². The second kappa shape index (κ2) is 5.85.